The quantitative estimate of drug-likeness (QED) is 0.831. The minimum Gasteiger partial charge on any atom is -0.385 e. The van der Waals surface area contributed by atoms with Gasteiger partial charge in [-0.25, -0.2) is 4.39 Å². The second-order valence-corrected chi connectivity index (χ2v) is 5.45. The van der Waals surface area contributed by atoms with Gasteiger partial charge in [-0.05, 0) is 58.3 Å². The van der Waals surface area contributed by atoms with Crippen LogP contribution in [-0.2, 0) is 5.60 Å². The van der Waals surface area contributed by atoms with E-state index in [4.69, 9.17) is 0 Å². The van der Waals surface area contributed by atoms with E-state index in [9.17, 15) is 9.50 Å². The van der Waals surface area contributed by atoms with Crippen molar-refractivity contribution in [3.05, 3.63) is 34.1 Å². The van der Waals surface area contributed by atoms with Crippen LogP contribution in [0.3, 0.4) is 0 Å². The maximum atomic E-state index is 13.1. The molecule has 1 N–H and O–H groups in total. The van der Waals surface area contributed by atoms with Gasteiger partial charge in [-0.3, -0.25) is 0 Å². The lowest BCUT2D eigenvalue weighted by atomic mass is 9.99. The van der Waals surface area contributed by atoms with Crippen molar-refractivity contribution in [2.24, 2.45) is 11.8 Å². The SMILES string of the molecule is OC1(c2ccc(F)c(Br)c2)C2CCCC21. The molecule has 0 saturated heterocycles. The molecule has 2 unspecified atom stereocenters. The standard InChI is InChI=1S/C12H12BrFO/c13-10-6-7(4-5-11(10)14)12(15)8-2-1-3-9(8)12/h4-6,8-9,15H,1-3H2. The topological polar surface area (TPSA) is 20.2 Å². The summed E-state index contributed by atoms with van der Waals surface area (Å²) in [5, 5.41) is 10.5. The normalized spacial score (nSPS) is 37.8. The van der Waals surface area contributed by atoms with Crippen molar-refractivity contribution in [2.45, 2.75) is 24.9 Å². The first-order valence-corrected chi connectivity index (χ1v) is 6.11. The van der Waals surface area contributed by atoms with Crippen LogP contribution in [0.25, 0.3) is 0 Å². The van der Waals surface area contributed by atoms with Crippen LogP contribution in [0.5, 0.6) is 0 Å². The number of fused-ring (bicyclic) bond motifs is 1. The molecule has 2 saturated carbocycles. The molecule has 1 aromatic rings. The Labute approximate surface area is 96.4 Å². The molecular formula is C12H12BrFO. The zero-order chi connectivity index (χ0) is 10.6. The zero-order valence-corrected chi connectivity index (χ0v) is 9.80. The molecule has 15 heavy (non-hydrogen) atoms. The number of aliphatic hydroxyl groups is 1. The van der Waals surface area contributed by atoms with Crippen molar-refractivity contribution in [2.75, 3.05) is 0 Å². The van der Waals surface area contributed by atoms with Gasteiger partial charge in [0.25, 0.3) is 0 Å². The Kier molecular flexibility index (Phi) is 1.99. The Morgan fingerprint density at radius 1 is 1.33 bits per heavy atom. The molecule has 2 atom stereocenters. The van der Waals surface area contributed by atoms with Crippen molar-refractivity contribution >= 4 is 15.9 Å². The van der Waals surface area contributed by atoms with E-state index in [2.05, 4.69) is 15.9 Å². The van der Waals surface area contributed by atoms with Crippen molar-refractivity contribution in [1.29, 1.82) is 0 Å². The Morgan fingerprint density at radius 2 is 2.00 bits per heavy atom. The Morgan fingerprint density at radius 3 is 2.60 bits per heavy atom. The summed E-state index contributed by atoms with van der Waals surface area (Å²) in [6.07, 6.45) is 3.44. The Hall–Kier alpha value is -0.410. The number of hydrogen-bond acceptors (Lipinski definition) is 1. The fourth-order valence-corrected chi connectivity index (χ4v) is 3.47. The lowest BCUT2D eigenvalue weighted by Crippen LogP contribution is -2.13. The molecule has 0 bridgehead atoms. The van der Waals surface area contributed by atoms with E-state index in [1.54, 1.807) is 12.1 Å². The molecule has 0 amide bonds. The fourth-order valence-electron chi connectivity index (χ4n) is 3.10. The van der Waals surface area contributed by atoms with Crippen LogP contribution in [0.4, 0.5) is 4.39 Å². The van der Waals surface area contributed by atoms with E-state index in [0.717, 1.165) is 18.4 Å². The van der Waals surface area contributed by atoms with Crippen LogP contribution in [0, 0.1) is 17.7 Å². The molecule has 0 radical (unpaired) electrons. The van der Waals surface area contributed by atoms with Gasteiger partial charge in [0.05, 0.1) is 10.1 Å². The molecule has 1 nitrogen and oxygen atoms in total. The summed E-state index contributed by atoms with van der Waals surface area (Å²) in [6.45, 7) is 0. The lowest BCUT2D eigenvalue weighted by Gasteiger charge is -2.15. The number of benzene rings is 1. The van der Waals surface area contributed by atoms with Crippen LogP contribution in [-0.4, -0.2) is 5.11 Å². The van der Waals surface area contributed by atoms with Crippen LogP contribution < -0.4 is 0 Å². The van der Waals surface area contributed by atoms with E-state index < -0.39 is 5.60 Å². The molecule has 0 spiro atoms. The molecule has 3 heteroatoms. The second-order valence-electron chi connectivity index (χ2n) is 4.60. The van der Waals surface area contributed by atoms with Gasteiger partial charge in [-0.2, -0.15) is 0 Å². The van der Waals surface area contributed by atoms with Crippen molar-refractivity contribution in [1.82, 2.24) is 0 Å². The van der Waals surface area contributed by atoms with Gasteiger partial charge in [0.2, 0.25) is 0 Å². The summed E-state index contributed by atoms with van der Waals surface area (Å²) in [5.41, 5.74) is 0.208. The third-order valence-corrected chi connectivity index (χ3v) is 4.53. The van der Waals surface area contributed by atoms with Crippen molar-refractivity contribution in [3.63, 3.8) is 0 Å². The molecule has 3 rings (SSSR count). The summed E-state index contributed by atoms with van der Waals surface area (Å²) in [7, 11) is 0. The predicted octanol–water partition coefficient (Wildman–Crippen LogP) is 3.21. The lowest BCUT2D eigenvalue weighted by molar-refractivity contribution is 0.105. The van der Waals surface area contributed by atoms with E-state index in [1.807, 2.05) is 0 Å². The van der Waals surface area contributed by atoms with Gasteiger partial charge in [0, 0.05) is 0 Å². The fraction of sp³-hybridized carbons (Fsp3) is 0.500. The summed E-state index contributed by atoms with van der Waals surface area (Å²) < 4.78 is 13.5. The van der Waals surface area contributed by atoms with E-state index in [-0.39, 0.29) is 5.82 Å². The molecule has 0 heterocycles. The number of rotatable bonds is 1. The van der Waals surface area contributed by atoms with Crippen molar-refractivity contribution in [3.8, 4) is 0 Å². The molecule has 80 valence electrons. The van der Waals surface area contributed by atoms with Crippen molar-refractivity contribution < 1.29 is 9.50 Å². The molecule has 2 fully saturated rings. The minimum atomic E-state index is -0.658. The molecule has 2 aliphatic carbocycles. The number of hydrogen-bond donors (Lipinski definition) is 1. The smallest absolute Gasteiger partial charge is 0.137 e. The van der Waals surface area contributed by atoms with E-state index in [1.165, 1.54) is 12.5 Å². The van der Waals surface area contributed by atoms with Gasteiger partial charge in [-0.15, -0.1) is 0 Å². The highest BCUT2D eigenvalue weighted by molar-refractivity contribution is 9.10. The van der Waals surface area contributed by atoms with Crippen LogP contribution in [0.2, 0.25) is 0 Å². The summed E-state index contributed by atoms with van der Waals surface area (Å²) in [5.74, 6) is 0.554. The first kappa shape index (κ1) is 9.79. The average molecular weight is 271 g/mol. The minimum absolute atomic E-state index is 0.270. The van der Waals surface area contributed by atoms with Gasteiger partial charge < -0.3 is 5.11 Å². The monoisotopic (exact) mass is 270 g/mol. The first-order chi connectivity index (χ1) is 7.14. The van der Waals surface area contributed by atoms with Gasteiger partial charge >= 0.3 is 0 Å². The summed E-state index contributed by atoms with van der Waals surface area (Å²) in [6, 6.07) is 4.84. The highest BCUT2D eigenvalue weighted by Crippen LogP contribution is 2.66. The molecular weight excluding hydrogens is 259 g/mol. The molecule has 0 aliphatic heterocycles. The van der Waals surface area contributed by atoms with Crippen LogP contribution in [0.1, 0.15) is 24.8 Å². The summed E-state index contributed by atoms with van der Waals surface area (Å²) in [4.78, 5) is 0. The van der Waals surface area contributed by atoms with E-state index in [0.29, 0.717) is 16.3 Å². The summed E-state index contributed by atoms with van der Waals surface area (Å²) >= 11 is 3.16. The first-order valence-electron chi connectivity index (χ1n) is 5.32. The Bertz CT molecular complexity index is 408. The largest absolute Gasteiger partial charge is 0.385 e. The maximum absolute atomic E-state index is 13.1. The zero-order valence-electron chi connectivity index (χ0n) is 8.21. The average Bonchev–Trinajstić information content (AvgIpc) is 2.66. The third kappa shape index (κ3) is 1.23. The third-order valence-electron chi connectivity index (χ3n) is 3.92. The highest BCUT2D eigenvalue weighted by Gasteiger charge is 2.66. The predicted molar refractivity (Wildman–Crippen MR) is 58.8 cm³/mol. The van der Waals surface area contributed by atoms with Gasteiger partial charge in [0.1, 0.15) is 5.82 Å². The molecule has 0 aromatic heterocycles. The number of halogens is 2. The highest BCUT2D eigenvalue weighted by atomic mass is 79.9. The Balaban J connectivity index is 1.97. The molecule has 1 aromatic carbocycles. The van der Waals surface area contributed by atoms with Gasteiger partial charge in [-0.1, -0.05) is 12.5 Å². The molecule has 2 aliphatic rings. The van der Waals surface area contributed by atoms with E-state index >= 15 is 0 Å². The van der Waals surface area contributed by atoms with Crippen LogP contribution in [0.15, 0.2) is 22.7 Å². The maximum Gasteiger partial charge on any atom is 0.137 e. The van der Waals surface area contributed by atoms with Gasteiger partial charge in [0.15, 0.2) is 0 Å². The van der Waals surface area contributed by atoms with Crippen LogP contribution >= 0.6 is 15.9 Å². The second kappa shape index (κ2) is 3.05.